The van der Waals surface area contributed by atoms with E-state index >= 15 is 0 Å². The fraction of sp³-hybridized carbons (Fsp3) is 0.174. The lowest BCUT2D eigenvalue weighted by Gasteiger charge is -2.17. The van der Waals surface area contributed by atoms with Crippen LogP contribution in [0.2, 0.25) is 0 Å². The number of benzene rings is 2. The van der Waals surface area contributed by atoms with Gasteiger partial charge >= 0.3 is 0 Å². The number of nitrogens with zero attached hydrogens (tertiary/aromatic N) is 1. The van der Waals surface area contributed by atoms with Gasteiger partial charge in [0, 0.05) is 23.2 Å². The number of nitrogens with one attached hydrogen (secondary N) is 3. The molecule has 8 nitrogen and oxygen atoms in total. The molecule has 0 unspecified atom stereocenters. The van der Waals surface area contributed by atoms with Crippen LogP contribution in [-0.4, -0.2) is 21.8 Å². The van der Waals surface area contributed by atoms with Crippen molar-refractivity contribution in [2.24, 2.45) is 11.5 Å². The van der Waals surface area contributed by atoms with Gasteiger partial charge in [-0.3, -0.25) is 15.8 Å². The summed E-state index contributed by atoms with van der Waals surface area (Å²) in [6.45, 7) is 2.44. The van der Waals surface area contributed by atoms with Crippen molar-refractivity contribution in [3.05, 3.63) is 88.2 Å². The number of aryl methyl sites for hydroxylation is 1. The fourth-order valence-electron chi connectivity index (χ4n) is 3.07. The third-order valence-electron chi connectivity index (χ3n) is 4.87. The quantitative estimate of drug-likeness (QED) is 0.232. The summed E-state index contributed by atoms with van der Waals surface area (Å²) in [5.41, 5.74) is 16.2. The van der Waals surface area contributed by atoms with Crippen LogP contribution in [0.25, 0.3) is 0 Å². The topological polar surface area (TPSA) is 154 Å². The highest BCUT2D eigenvalue weighted by Crippen LogP contribution is 2.30. The Morgan fingerprint density at radius 1 is 0.968 bits per heavy atom. The van der Waals surface area contributed by atoms with E-state index in [0.717, 1.165) is 11.1 Å². The highest BCUT2D eigenvalue weighted by Gasteiger charge is 2.14. The van der Waals surface area contributed by atoms with E-state index in [1.165, 1.54) is 0 Å². The molecule has 3 rings (SSSR count). The van der Waals surface area contributed by atoms with Gasteiger partial charge < -0.3 is 26.6 Å². The van der Waals surface area contributed by atoms with Crippen molar-refractivity contribution in [2.75, 3.05) is 5.32 Å². The van der Waals surface area contributed by atoms with Crippen LogP contribution in [0.5, 0.6) is 5.75 Å². The highest BCUT2D eigenvalue weighted by molar-refractivity contribution is 5.95. The molecule has 0 aliphatic heterocycles. The molecule has 0 saturated carbocycles. The van der Waals surface area contributed by atoms with Gasteiger partial charge in [-0.1, -0.05) is 48.5 Å². The molecule has 0 atom stereocenters. The number of aromatic nitrogens is 1. The number of hydrogen-bond acceptors (Lipinski definition) is 6. The van der Waals surface area contributed by atoms with Crippen LogP contribution in [0.4, 0.5) is 5.69 Å². The second-order valence-corrected chi connectivity index (χ2v) is 7.09. The van der Waals surface area contributed by atoms with E-state index in [4.69, 9.17) is 27.0 Å². The minimum absolute atomic E-state index is 0.0183. The van der Waals surface area contributed by atoms with E-state index in [1.54, 1.807) is 30.5 Å². The Hall–Kier alpha value is -3.91. The lowest BCUT2D eigenvalue weighted by molar-refractivity contribution is 0.258. The number of nitrogens with two attached hydrogens (primary N) is 2. The summed E-state index contributed by atoms with van der Waals surface area (Å²) >= 11 is 0. The molecular formula is C23H26N6O2. The van der Waals surface area contributed by atoms with Crippen molar-refractivity contribution in [3.63, 3.8) is 0 Å². The lowest BCUT2D eigenvalue weighted by Crippen LogP contribution is -2.11. The number of anilines is 1. The van der Waals surface area contributed by atoms with Crippen molar-refractivity contribution in [1.82, 2.24) is 4.98 Å². The second-order valence-electron chi connectivity index (χ2n) is 7.09. The van der Waals surface area contributed by atoms with Gasteiger partial charge in [0.25, 0.3) is 0 Å². The van der Waals surface area contributed by atoms with E-state index < -0.39 is 0 Å². The summed E-state index contributed by atoms with van der Waals surface area (Å²) < 4.78 is 6.00. The number of rotatable bonds is 9. The molecule has 160 valence electrons. The molecule has 0 saturated heterocycles. The lowest BCUT2D eigenvalue weighted by atomic mass is 10.1. The molecule has 3 aromatic rings. The Morgan fingerprint density at radius 3 is 2.03 bits per heavy atom. The summed E-state index contributed by atoms with van der Waals surface area (Å²) in [5, 5.41) is 28.2. The minimum atomic E-state index is -0.201. The molecule has 2 aromatic carbocycles. The largest absolute Gasteiger partial charge is 0.487 e. The summed E-state index contributed by atoms with van der Waals surface area (Å²) in [6.07, 6.45) is 1.68. The van der Waals surface area contributed by atoms with Gasteiger partial charge in [0.15, 0.2) is 0 Å². The first-order valence-corrected chi connectivity index (χ1v) is 9.71. The number of hydrogen-bond donors (Lipinski definition) is 6. The summed E-state index contributed by atoms with van der Waals surface area (Å²) in [7, 11) is 0. The number of pyridine rings is 1. The molecule has 0 spiro atoms. The van der Waals surface area contributed by atoms with Crippen LogP contribution in [0.1, 0.15) is 33.5 Å². The normalized spacial score (nSPS) is 10.5. The van der Waals surface area contributed by atoms with Crippen LogP contribution in [0.3, 0.4) is 0 Å². The first kappa shape index (κ1) is 21.8. The number of amidine groups is 2. The second kappa shape index (κ2) is 9.73. The van der Waals surface area contributed by atoms with Gasteiger partial charge in [0.1, 0.15) is 24.0 Å². The maximum absolute atomic E-state index is 9.99. The van der Waals surface area contributed by atoms with Gasteiger partial charge in [0.2, 0.25) is 0 Å². The molecule has 0 aliphatic rings. The van der Waals surface area contributed by atoms with Crippen LogP contribution < -0.4 is 21.5 Å². The third kappa shape index (κ3) is 5.37. The Labute approximate surface area is 180 Å². The summed E-state index contributed by atoms with van der Waals surface area (Å²) in [4.78, 5) is 4.40. The molecule has 0 radical (unpaired) electrons. The Bertz CT molecular complexity index is 1080. The van der Waals surface area contributed by atoms with E-state index in [0.29, 0.717) is 47.0 Å². The maximum Gasteiger partial charge on any atom is 0.148 e. The average Bonchev–Trinajstić information content (AvgIpc) is 2.77. The molecule has 8 N–H and O–H groups in total. The number of nitrogen functional groups attached to an aromatic ring is 2. The average molecular weight is 419 g/mol. The summed E-state index contributed by atoms with van der Waals surface area (Å²) in [5.74, 6) is 0.586. The number of aliphatic hydroxyl groups excluding tert-OH is 1. The zero-order chi connectivity index (χ0) is 22.4. The molecule has 8 heteroatoms. The Balaban J connectivity index is 1.73. The number of ether oxygens (including phenoxy) is 1. The van der Waals surface area contributed by atoms with Gasteiger partial charge in [-0.25, -0.2) is 0 Å². The van der Waals surface area contributed by atoms with E-state index in [9.17, 15) is 5.11 Å². The Morgan fingerprint density at radius 2 is 1.52 bits per heavy atom. The van der Waals surface area contributed by atoms with Crippen LogP contribution >= 0.6 is 0 Å². The Kier molecular flexibility index (Phi) is 6.84. The van der Waals surface area contributed by atoms with Gasteiger partial charge in [0.05, 0.1) is 24.2 Å². The predicted octanol–water partition coefficient (Wildman–Crippen LogP) is 2.64. The van der Waals surface area contributed by atoms with E-state index in [1.807, 2.05) is 31.2 Å². The standard InChI is InChI=1S/C23H26N6O2/c1-14-21(31-13-16-4-8-18(9-5-16)23(26)27)19(12-30)20(11-28-14)29-10-15-2-6-17(7-3-15)22(24)25/h2-9,11,29-30H,10,12-13H2,1H3,(H3,24,25)(H3,26,27). The van der Waals surface area contributed by atoms with E-state index in [-0.39, 0.29) is 18.3 Å². The molecule has 0 bridgehead atoms. The molecular weight excluding hydrogens is 392 g/mol. The van der Waals surface area contributed by atoms with Gasteiger partial charge in [-0.2, -0.15) is 0 Å². The molecule has 31 heavy (non-hydrogen) atoms. The number of aliphatic hydroxyl groups is 1. The smallest absolute Gasteiger partial charge is 0.148 e. The van der Waals surface area contributed by atoms with Gasteiger partial charge in [-0.05, 0) is 18.1 Å². The minimum Gasteiger partial charge on any atom is -0.487 e. The monoisotopic (exact) mass is 418 g/mol. The molecule has 0 amide bonds. The molecule has 0 aliphatic carbocycles. The maximum atomic E-state index is 9.99. The van der Waals surface area contributed by atoms with Crippen molar-refractivity contribution in [1.29, 1.82) is 10.8 Å². The molecule has 1 aromatic heterocycles. The molecule has 1 heterocycles. The third-order valence-corrected chi connectivity index (χ3v) is 4.87. The molecule has 0 fully saturated rings. The van der Waals surface area contributed by atoms with Crippen LogP contribution in [0, 0.1) is 17.7 Å². The fourth-order valence-corrected chi connectivity index (χ4v) is 3.07. The van der Waals surface area contributed by atoms with Crippen molar-refractivity contribution in [2.45, 2.75) is 26.7 Å². The van der Waals surface area contributed by atoms with Crippen molar-refractivity contribution >= 4 is 17.4 Å². The van der Waals surface area contributed by atoms with Crippen molar-refractivity contribution in [3.8, 4) is 5.75 Å². The zero-order valence-electron chi connectivity index (χ0n) is 17.3. The van der Waals surface area contributed by atoms with Gasteiger partial charge in [-0.15, -0.1) is 0 Å². The van der Waals surface area contributed by atoms with E-state index in [2.05, 4.69) is 10.3 Å². The van der Waals surface area contributed by atoms with Crippen LogP contribution in [0.15, 0.2) is 54.7 Å². The zero-order valence-corrected chi connectivity index (χ0v) is 17.3. The predicted molar refractivity (Wildman–Crippen MR) is 121 cm³/mol. The summed E-state index contributed by atoms with van der Waals surface area (Å²) in [6, 6.07) is 14.6. The SMILES string of the molecule is Cc1ncc(NCc2ccc(C(=N)N)cc2)c(CO)c1OCc1ccc(C(=N)N)cc1. The first-order valence-electron chi connectivity index (χ1n) is 9.71. The van der Waals surface area contributed by atoms with Crippen molar-refractivity contribution < 1.29 is 9.84 Å². The first-order chi connectivity index (χ1) is 14.9. The highest BCUT2D eigenvalue weighted by atomic mass is 16.5. The van der Waals surface area contributed by atoms with Crippen LogP contribution in [-0.2, 0) is 19.8 Å².